The van der Waals surface area contributed by atoms with Gasteiger partial charge in [0.2, 0.25) is 0 Å². The Morgan fingerprint density at radius 3 is 2.44 bits per heavy atom. The van der Waals surface area contributed by atoms with Gasteiger partial charge in [-0.15, -0.1) is 0 Å². The average Bonchev–Trinajstić information content (AvgIpc) is 2.26. The van der Waals surface area contributed by atoms with E-state index >= 15 is 0 Å². The van der Waals surface area contributed by atoms with E-state index in [1.807, 2.05) is 4.90 Å². The van der Waals surface area contributed by atoms with Gasteiger partial charge in [0.25, 0.3) is 0 Å². The summed E-state index contributed by atoms with van der Waals surface area (Å²) in [6.07, 6.45) is 1.24. The van der Waals surface area contributed by atoms with E-state index in [0.29, 0.717) is 19.6 Å². The topological polar surface area (TPSA) is 49.9 Å². The smallest absolute Gasteiger partial charge is 0.410 e. The van der Waals surface area contributed by atoms with Crippen LogP contribution in [0.2, 0.25) is 0 Å². The first-order valence-electron chi connectivity index (χ1n) is 5.38. The van der Waals surface area contributed by atoms with Crippen LogP contribution >= 0.6 is 0 Å². The van der Waals surface area contributed by atoms with Crippen LogP contribution in [-0.2, 0) is 9.53 Å². The average molecular weight is 226 g/mol. The minimum atomic E-state index is -0.303. The highest BCUT2D eigenvalue weighted by Gasteiger charge is 2.22. The number of ketones is 1. The van der Waals surface area contributed by atoms with Crippen LogP contribution in [0.4, 0.5) is 4.79 Å². The summed E-state index contributed by atoms with van der Waals surface area (Å²) in [6.45, 7) is 8.44. The predicted molar refractivity (Wildman–Crippen MR) is 60.2 cm³/mol. The Labute approximate surface area is 95.6 Å². The molecule has 0 aromatic carbocycles. The molecule has 1 aliphatic heterocycles. The molecule has 5 nitrogen and oxygen atoms in total. The van der Waals surface area contributed by atoms with Crippen molar-refractivity contribution in [2.24, 2.45) is 0 Å². The second kappa shape index (κ2) is 6.27. The molecule has 1 aliphatic rings. The maximum atomic E-state index is 11.5. The second-order valence-corrected chi connectivity index (χ2v) is 3.83. The fourth-order valence-corrected chi connectivity index (χ4v) is 1.62. The van der Waals surface area contributed by atoms with Crippen molar-refractivity contribution in [1.82, 2.24) is 9.80 Å². The fraction of sp³-hybridized carbons (Fsp3) is 0.636. The van der Waals surface area contributed by atoms with Gasteiger partial charge in [-0.05, 0) is 6.92 Å². The summed E-state index contributed by atoms with van der Waals surface area (Å²) in [5.74, 6) is 0.155. The number of Topliss-reactive ketones (excluding diaryl/α,β-unsaturated/α-hetero) is 1. The number of piperazine rings is 1. The van der Waals surface area contributed by atoms with Gasteiger partial charge in [0.1, 0.15) is 12.4 Å². The molecule has 0 N–H and O–H groups in total. The lowest BCUT2D eigenvalue weighted by atomic mass is 10.3. The maximum Gasteiger partial charge on any atom is 0.410 e. The van der Waals surface area contributed by atoms with Crippen LogP contribution in [0.1, 0.15) is 6.92 Å². The minimum Gasteiger partial charge on any atom is -0.445 e. The summed E-state index contributed by atoms with van der Waals surface area (Å²) < 4.78 is 4.93. The Morgan fingerprint density at radius 1 is 1.31 bits per heavy atom. The Bertz CT molecular complexity index is 270. The zero-order chi connectivity index (χ0) is 12.0. The van der Waals surface area contributed by atoms with Gasteiger partial charge in [0.15, 0.2) is 0 Å². The number of nitrogens with zero attached hydrogens (tertiary/aromatic N) is 2. The lowest BCUT2D eigenvalue weighted by Crippen LogP contribution is -2.49. The van der Waals surface area contributed by atoms with Crippen LogP contribution in [0.3, 0.4) is 0 Å². The number of hydrogen-bond donors (Lipinski definition) is 0. The first-order valence-corrected chi connectivity index (χ1v) is 5.38. The summed E-state index contributed by atoms with van der Waals surface area (Å²) in [5.41, 5.74) is 0. The molecule has 1 fully saturated rings. The van der Waals surface area contributed by atoms with Crippen LogP contribution in [0.15, 0.2) is 12.7 Å². The fourth-order valence-electron chi connectivity index (χ4n) is 1.62. The molecule has 0 aliphatic carbocycles. The van der Waals surface area contributed by atoms with E-state index in [0.717, 1.165) is 13.1 Å². The van der Waals surface area contributed by atoms with Crippen molar-refractivity contribution in [2.75, 3.05) is 39.3 Å². The normalized spacial score (nSPS) is 16.9. The molecule has 0 spiro atoms. The van der Waals surface area contributed by atoms with Crippen molar-refractivity contribution in [3.05, 3.63) is 12.7 Å². The Morgan fingerprint density at radius 2 is 1.94 bits per heavy atom. The molecule has 0 radical (unpaired) electrons. The molecule has 90 valence electrons. The third kappa shape index (κ3) is 4.02. The molecule has 0 bridgehead atoms. The number of carbonyl (C=O) groups is 2. The molecule has 5 heteroatoms. The van der Waals surface area contributed by atoms with Crippen molar-refractivity contribution < 1.29 is 14.3 Å². The molecular weight excluding hydrogens is 208 g/mol. The highest BCUT2D eigenvalue weighted by molar-refractivity contribution is 5.77. The summed E-state index contributed by atoms with van der Waals surface area (Å²) in [5, 5.41) is 0. The number of rotatable bonds is 4. The number of ether oxygens (including phenoxy) is 1. The zero-order valence-corrected chi connectivity index (χ0v) is 9.65. The predicted octanol–water partition coefficient (Wildman–Crippen LogP) is 0.516. The summed E-state index contributed by atoms with van der Waals surface area (Å²) >= 11 is 0. The quantitative estimate of drug-likeness (QED) is 0.656. The van der Waals surface area contributed by atoms with Crippen LogP contribution in [0.5, 0.6) is 0 Å². The van der Waals surface area contributed by atoms with Gasteiger partial charge in [-0.1, -0.05) is 12.7 Å². The molecule has 1 saturated heterocycles. The van der Waals surface area contributed by atoms with Gasteiger partial charge in [-0.2, -0.15) is 0 Å². The van der Waals surface area contributed by atoms with Crippen molar-refractivity contribution in [3.63, 3.8) is 0 Å². The lowest BCUT2D eigenvalue weighted by Gasteiger charge is -2.33. The summed E-state index contributed by atoms with van der Waals surface area (Å²) in [4.78, 5) is 26.1. The third-order valence-electron chi connectivity index (χ3n) is 2.40. The highest BCUT2D eigenvalue weighted by Crippen LogP contribution is 2.03. The van der Waals surface area contributed by atoms with Gasteiger partial charge in [0.05, 0.1) is 6.54 Å². The molecule has 16 heavy (non-hydrogen) atoms. The van der Waals surface area contributed by atoms with Gasteiger partial charge < -0.3 is 9.64 Å². The molecule has 0 atom stereocenters. The van der Waals surface area contributed by atoms with Crippen molar-refractivity contribution >= 4 is 11.9 Å². The standard InChI is InChI=1S/C11H18N2O3/c1-3-8-16-11(15)13-6-4-12(5-7-13)9-10(2)14/h3H,1,4-9H2,2H3. The molecule has 0 unspecified atom stereocenters. The van der Waals surface area contributed by atoms with Crippen LogP contribution < -0.4 is 0 Å². The summed E-state index contributed by atoms with van der Waals surface area (Å²) in [7, 11) is 0. The highest BCUT2D eigenvalue weighted by atomic mass is 16.6. The number of amides is 1. The van der Waals surface area contributed by atoms with E-state index in [2.05, 4.69) is 6.58 Å². The maximum absolute atomic E-state index is 11.5. The molecular formula is C11H18N2O3. The van der Waals surface area contributed by atoms with Crippen molar-refractivity contribution in [2.45, 2.75) is 6.92 Å². The minimum absolute atomic E-state index is 0.155. The molecule has 0 saturated carbocycles. The zero-order valence-electron chi connectivity index (χ0n) is 9.65. The van der Waals surface area contributed by atoms with Crippen LogP contribution in [-0.4, -0.2) is 61.0 Å². The van der Waals surface area contributed by atoms with E-state index in [4.69, 9.17) is 4.74 Å². The molecule has 0 aromatic rings. The summed E-state index contributed by atoms with van der Waals surface area (Å²) in [6, 6.07) is 0. The number of carbonyl (C=O) groups excluding carboxylic acids is 2. The van der Waals surface area contributed by atoms with Crippen molar-refractivity contribution in [1.29, 1.82) is 0 Å². The van der Waals surface area contributed by atoms with Crippen LogP contribution in [0, 0.1) is 0 Å². The first kappa shape index (κ1) is 12.7. The second-order valence-electron chi connectivity index (χ2n) is 3.83. The number of hydrogen-bond acceptors (Lipinski definition) is 4. The SMILES string of the molecule is C=CCOC(=O)N1CCN(CC(C)=O)CC1. The van der Waals surface area contributed by atoms with Crippen molar-refractivity contribution in [3.8, 4) is 0 Å². The monoisotopic (exact) mass is 226 g/mol. The van der Waals surface area contributed by atoms with Gasteiger partial charge in [0, 0.05) is 26.2 Å². The van der Waals surface area contributed by atoms with Crippen LogP contribution in [0.25, 0.3) is 0 Å². The van der Waals surface area contributed by atoms with E-state index in [9.17, 15) is 9.59 Å². The first-order chi connectivity index (χ1) is 7.63. The van der Waals surface area contributed by atoms with Gasteiger partial charge >= 0.3 is 6.09 Å². The lowest BCUT2D eigenvalue weighted by molar-refractivity contribution is -0.118. The van der Waals surface area contributed by atoms with Gasteiger partial charge in [-0.25, -0.2) is 4.79 Å². The van der Waals surface area contributed by atoms with E-state index in [-0.39, 0.29) is 18.5 Å². The van der Waals surface area contributed by atoms with E-state index in [1.165, 1.54) is 0 Å². The molecule has 1 rings (SSSR count). The molecule has 1 amide bonds. The Kier molecular flexibility index (Phi) is 4.98. The van der Waals surface area contributed by atoms with E-state index < -0.39 is 0 Å². The van der Waals surface area contributed by atoms with Gasteiger partial charge in [-0.3, -0.25) is 9.69 Å². The molecule has 0 aromatic heterocycles. The Balaban J connectivity index is 2.28. The molecule has 1 heterocycles. The largest absolute Gasteiger partial charge is 0.445 e. The Hall–Kier alpha value is -1.36. The van der Waals surface area contributed by atoms with E-state index in [1.54, 1.807) is 17.9 Å². The third-order valence-corrected chi connectivity index (χ3v) is 2.40.